The van der Waals surface area contributed by atoms with Crippen LogP contribution < -0.4 is 4.90 Å². The van der Waals surface area contributed by atoms with Gasteiger partial charge in [-0.15, -0.1) is 0 Å². The number of fused-ring (bicyclic) bond motifs is 3. The molecule has 2 aliphatic carbocycles. The Balaban J connectivity index is 1.49. The van der Waals surface area contributed by atoms with Crippen molar-refractivity contribution in [2.45, 2.75) is 32.2 Å². The Bertz CT molecular complexity index is 1290. The van der Waals surface area contributed by atoms with Crippen LogP contribution in [0.2, 0.25) is 0 Å². The first kappa shape index (κ1) is 19.1. The average molecular weight is 414 g/mol. The second-order valence-electron chi connectivity index (χ2n) is 8.95. The Labute approximate surface area is 190 Å². The molecule has 0 amide bonds. The highest BCUT2D eigenvalue weighted by atomic mass is 15.2. The number of rotatable bonds is 3. The van der Waals surface area contributed by atoms with Crippen LogP contribution in [0.5, 0.6) is 0 Å². The summed E-state index contributed by atoms with van der Waals surface area (Å²) in [6.07, 6.45) is 15.2. The molecule has 0 spiro atoms. The molecule has 6 rings (SSSR count). The van der Waals surface area contributed by atoms with Crippen molar-refractivity contribution in [2.75, 3.05) is 4.90 Å². The highest BCUT2D eigenvalue weighted by Gasteiger charge is 2.36. The first-order valence-electron chi connectivity index (χ1n) is 11.6. The van der Waals surface area contributed by atoms with Crippen molar-refractivity contribution in [1.29, 1.82) is 0 Å². The molecule has 0 bridgehead atoms. The van der Waals surface area contributed by atoms with Crippen LogP contribution in [0, 0.1) is 6.92 Å². The van der Waals surface area contributed by atoms with Gasteiger partial charge in [0.05, 0.1) is 6.04 Å². The normalized spacial score (nSPS) is 19.1. The van der Waals surface area contributed by atoms with E-state index in [1.807, 2.05) is 0 Å². The van der Waals surface area contributed by atoms with Crippen molar-refractivity contribution < 1.29 is 0 Å². The quantitative estimate of drug-likeness (QED) is 0.418. The molecule has 0 N–H and O–H groups in total. The minimum absolute atomic E-state index is 0.343. The van der Waals surface area contributed by atoms with Crippen LogP contribution in [-0.2, 0) is 0 Å². The van der Waals surface area contributed by atoms with Crippen LogP contribution in [0.25, 0.3) is 16.7 Å². The van der Waals surface area contributed by atoms with Crippen LogP contribution in [0.4, 0.5) is 11.4 Å². The smallest absolute Gasteiger partial charge is 0.0633 e. The summed E-state index contributed by atoms with van der Waals surface area (Å²) >= 11 is 0. The van der Waals surface area contributed by atoms with Crippen molar-refractivity contribution >= 4 is 16.9 Å². The van der Waals surface area contributed by atoms with Gasteiger partial charge in [-0.25, -0.2) is 0 Å². The lowest BCUT2D eigenvalue weighted by atomic mass is 9.87. The third-order valence-corrected chi connectivity index (χ3v) is 6.86. The summed E-state index contributed by atoms with van der Waals surface area (Å²) in [7, 11) is 0. The molecule has 1 nitrogen and oxygen atoms in total. The standard InChI is InChI=1S/C31H27N/c1-22-12-16-27(17-13-22)32-30-18-14-25(23-8-4-2-5-9-23)20-28(30)29-21-26(15-19-31(29)32)24-10-6-3-7-11-24/h2,4-6,8-18,20-21,31H,3,7,19H2,1H3. The molecule has 3 aliphatic rings. The molecule has 3 aromatic rings. The van der Waals surface area contributed by atoms with E-state index in [4.69, 9.17) is 0 Å². The van der Waals surface area contributed by atoms with Gasteiger partial charge < -0.3 is 4.90 Å². The van der Waals surface area contributed by atoms with Gasteiger partial charge in [0, 0.05) is 16.9 Å². The van der Waals surface area contributed by atoms with E-state index >= 15 is 0 Å². The molecule has 1 atom stereocenters. The molecule has 0 saturated carbocycles. The lowest BCUT2D eigenvalue weighted by Gasteiger charge is -2.30. The summed E-state index contributed by atoms with van der Waals surface area (Å²) < 4.78 is 0. The molecule has 32 heavy (non-hydrogen) atoms. The molecule has 1 heterocycles. The van der Waals surface area contributed by atoms with Crippen molar-refractivity contribution in [3.63, 3.8) is 0 Å². The van der Waals surface area contributed by atoms with Gasteiger partial charge in [-0.1, -0.05) is 78.4 Å². The fourth-order valence-electron chi connectivity index (χ4n) is 5.20. The second-order valence-corrected chi connectivity index (χ2v) is 8.95. The topological polar surface area (TPSA) is 3.24 Å². The molecule has 0 radical (unpaired) electrons. The number of hydrogen-bond donors (Lipinski definition) is 0. The van der Waals surface area contributed by atoms with Crippen molar-refractivity contribution in [1.82, 2.24) is 0 Å². The van der Waals surface area contributed by atoms with E-state index in [1.54, 1.807) is 0 Å². The molecule has 1 aliphatic heterocycles. The first-order chi connectivity index (χ1) is 15.8. The third-order valence-electron chi connectivity index (χ3n) is 6.86. The molecule has 0 aromatic heterocycles. The zero-order chi connectivity index (χ0) is 21.5. The highest BCUT2D eigenvalue weighted by molar-refractivity contribution is 5.96. The average Bonchev–Trinajstić information content (AvgIpc) is 3.19. The Kier molecular flexibility index (Phi) is 4.69. The molecule has 0 fully saturated rings. The van der Waals surface area contributed by atoms with Gasteiger partial charge in [-0.2, -0.15) is 0 Å². The van der Waals surface area contributed by atoms with E-state index < -0.39 is 0 Å². The summed E-state index contributed by atoms with van der Waals surface area (Å²) in [4.78, 5) is 2.54. The van der Waals surface area contributed by atoms with Crippen LogP contribution in [-0.4, -0.2) is 6.04 Å². The monoisotopic (exact) mass is 413 g/mol. The lowest BCUT2D eigenvalue weighted by Crippen LogP contribution is -2.27. The van der Waals surface area contributed by atoms with E-state index in [9.17, 15) is 0 Å². The maximum atomic E-state index is 2.54. The van der Waals surface area contributed by atoms with Gasteiger partial charge in [0.1, 0.15) is 0 Å². The molecule has 156 valence electrons. The maximum Gasteiger partial charge on any atom is 0.0633 e. The first-order valence-corrected chi connectivity index (χ1v) is 11.6. The molecular weight excluding hydrogens is 386 g/mol. The lowest BCUT2D eigenvalue weighted by molar-refractivity contribution is 0.824. The minimum atomic E-state index is 0.343. The SMILES string of the molecule is Cc1ccc(N2c3ccc(-c4ccccc4)cc3C3=CC(C4=CCCC=C4)=CCC32)cc1. The number of aryl methyl sites for hydroxylation is 1. The Hall–Kier alpha value is -3.58. The number of benzene rings is 3. The zero-order valence-electron chi connectivity index (χ0n) is 18.5. The molecule has 3 aromatic carbocycles. The van der Waals surface area contributed by atoms with Gasteiger partial charge in [-0.05, 0) is 84.4 Å². The van der Waals surface area contributed by atoms with Crippen LogP contribution in [0.3, 0.4) is 0 Å². The highest BCUT2D eigenvalue weighted by Crippen LogP contribution is 2.49. The van der Waals surface area contributed by atoms with Gasteiger partial charge in [0.2, 0.25) is 0 Å². The van der Waals surface area contributed by atoms with Gasteiger partial charge >= 0.3 is 0 Å². The number of hydrogen-bond acceptors (Lipinski definition) is 1. The molecule has 0 saturated heterocycles. The molecular formula is C31H27N. The van der Waals surface area contributed by atoms with E-state index in [0.29, 0.717) is 6.04 Å². The summed E-state index contributed by atoms with van der Waals surface area (Å²) in [5.41, 5.74) is 12.0. The summed E-state index contributed by atoms with van der Waals surface area (Å²) in [5.74, 6) is 0. The number of nitrogens with zero attached hydrogens (tertiary/aromatic N) is 1. The predicted molar refractivity (Wildman–Crippen MR) is 136 cm³/mol. The summed E-state index contributed by atoms with van der Waals surface area (Å²) in [6, 6.07) is 27.0. The fourth-order valence-corrected chi connectivity index (χ4v) is 5.20. The Morgan fingerprint density at radius 1 is 0.781 bits per heavy atom. The van der Waals surface area contributed by atoms with E-state index in [0.717, 1.165) is 19.3 Å². The van der Waals surface area contributed by atoms with E-state index in [-0.39, 0.29) is 0 Å². The van der Waals surface area contributed by atoms with Gasteiger partial charge in [-0.3, -0.25) is 0 Å². The van der Waals surface area contributed by atoms with Crippen molar-refractivity contribution in [2.24, 2.45) is 0 Å². The van der Waals surface area contributed by atoms with E-state index in [2.05, 4.69) is 115 Å². The van der Waals surface area contributed by atoms with E-state index in [1.165, 1.54) is 50.3 Å². The fraction of sp³-hybridized carbons (Fsp3) is 0.161. The zero-order valence-corrected chi connectivity index (χ0v) is 18.5. The van der Waals surface area contributed by atoms with Gasteiger partial charge in [0.25, 0.3) is 0 Å². The Morgan fingerprint density at radius 2 is 1.62 bits per heavy atom. The van der Waals surface area contributed by atoms with Crippen molar-refractivity contribution in [3.8, 4) is 11.1 Å². The molecule has 1 unspecified atom stereocenters. The largest absolute Gasteiger partial charge is 0.333 e. The third kappa shape index (κ3) is 3.26. The number of allylic oxidation sites excluding steroid dienone is 6. The summed E-state index contributed by atoms with van der Waals surface area (Å²) in [5, 5.41) is 0. The second kappa shape index (κ2) is 7.84. The van der Waals surface area contributed by atoms with Crippen LogP contribution in [0.1, 0.15) is 30.4 Å². The maximum absolute atomic E-state index is 2.54. The van der Waals surface area contributed by atoms with Crippen molar-refractivity contribution in [3.05, 3.63) is 125 Å². The van der Waals surface area contributed by atoms with Crippen LogP contribution in [0.15, 0.2) is 114 Å². The van der Waals surface area contributed by atoms with Crippen LogP contribution >= 0.6 is 0 Å². The predicted octanol–water partition coefficient (Wildman–Crippen LogP) is 8.17. The van der Waals surface area contributed by atoms with Gasteiger partial charge in [0.15, 0.2) is 0 Å². The minimum Gasteiger partial charge on any atom is -0.333 e. The summed E-state index contributed by atoms with van der Waals surface area (Å²) in [6.45, 7) is 2.15. The Morgan fingerprint density at radius 3 is 2.41 bits per heavy atom. The number of anilines is 2. The molecule has 1 heteroatoms.